The van der Waals surface area contributed by atoms with E-state index in [4.69, 9.17) is 15.2 Å². The normalized spacial score (nSPS) is 32.3. The second kappa shape index (κ2) is 8.45. The number of aromatic hydroxyl groups is 1. The number of carbonyl (C=O) groups excluding carboxylic acids is 3. The largest absolute Gasteiger partial charge is 0.510 e. The summed E-state index contributed by atoms with van der Waals surface area (Å²) in [5, 5.41) is 56.4. The van der Waals surface area contributed by atoms with E-state index in [1.807, 2.05) is 0 Å². The Bertz CT molecular complexity index is 1420. The molecule has 1 aliphatic heterocycles. The van der Waals surface area contributed by atoms with Crippen LogP contribution < -0.4 is 5.73 Å². The molecule has 38 heavy (non-hydrogen) atoms. The van der Waals surface area contributed by atoms with Gasteiger partial charge in [0.2, 0.25) is 5.78 Å². The summed E-state index contributed by atoms with van der Waals surface area (Å²) in [6, 6.07) is 1.41. The number of benzene rings is 1. The fourth-order valence-electron chi connectivity index (χ4n) is 6.31. The minimum Gasteiger partial charge on any atom is -0.510 e. The Morgan fingerprint density at radius 1 is 1.13 bits per heavy atom. The summed E-state index contributed by atoms with van der Waals surface area (Å²) < 4.78 is 10.7. The van der Waals surface area contributed by atoms with Crippen LogP contribution in [0.2, 0.25) is 0 Å². The lowest BCUT2D eigenvalue weighted by molar-refractivity contribution is -0.162. The molecule has 0 saturated carbocycles. The SMILES string of the molecule is C[C@H]1c2c(C3=COC=CO3)ccc(O)c2C(=O)C2=C(O)[C@]3(O)C(=O)C(C(N)=O)=C(O)[C@@H](N(C)C)[C@@H]3[C@@H](O)[C@@H]21. The second-order valence-electron chi connectivity index (χ2n) is 9.98. The van der Waals surface area contributed by atoms with Crippen molar-refractivity contribution in [2.24, 2.45) is 17.6 Å². The zero-order chi connectivity index (χ0) is 27.8. The standard InChI is InChI=1S/C26H26N2O10/c1-9-13-10(12-8-37-6-7-38-12)4-5-11(29)15(13)20(30)16-14(9)21(31)18-19(28(2)3)22(32)17(25(27)35)24(34)26(18,36)23(16)33/h4-9,14,18-19,21,29,31-33,36H,1-3H3,(H2,27,35)/t9-,14+,18+,19-,21-,26-/m0/s1. The summed E-state index contributed by atoms with van der Waals surface area (Å²) >= 11 is 0. The number of nitrogens with zero attached hydrogens (tertiary/aromatic N) is 1. The minimum atomic E-state index is -2.97. The highest BCUT2D eigenvalue weighted by molar-refractivity contribution is 6.25. The highest BCUT2D eigenvalue weighted by atomic mass is 16.5. The third-order valence-corrected chi connectivity index (χ3v) is 7.88. The smallest absolute Gasteiger partial charge is 0.255 e. The molecule has 1 aromatic rings. The van der Waals surface area contributed by atoms with Gasteiger partial charge in [-0.1, -0.05) is 6.92 Å². The van der Waals surface area contributed by atoms with Crippen molar-refractivity contribution >= 4 is 23.2 Å². The summed E-state index contributed by atoms with van der Waals surface area (Å²) in [6.45, 7) is 1.64. The highest BCUT2D eigenvalue weighted by Gasteiger charge is 2.67. The van der Waals surface area contributed by atoms with E-state index in [2.05, 4.69) is 0 Å². The van der Waals surface area contributed by atoms with Crippen LogP contribution in [-0.4, -0.2) is 79.7 Å². The van der Waals surface area contributed by atoms with Crippen molar-refractivity contribution in [3.63, 3.8) is 0 Å². The number of rotatable bonds is 3. The van der Waals surface area contributed by atoms with E-state index >= 15 is 0 Å². The highest BCUT2D eigenvalue weighted by Crippen LogP contribution is 2.56. The molecule has 0 saturated heterocycles. The maximum Gasteiger partial charge on any atom is 0.255 e. The summed E-state index contributed by atoms with van der Waals surface area (Å²) in [5.74, 6) is -9.39. The number of likely N-dealkylation sites (N-methyl/N-ethyl adjacent to an activating group) is 1. The van der Waals surface area contributed by atoms with Gasteiger partial charge in [0.1, 0.15) is 41.6 Å². The molecule has 12 nitrogen and oxygen atoms in total. The van der Waals surface area contributed by atoms with Gasteiger partial charge in [-0.2, -0.15) is 0 Å². The molecule has 1 amide bonds. The number of ketones is 2. The molecule has 0 spiro atoms. The molecule has 0 fully saturated rings. The number of carbonyl (C=O) groups is 3. The summed E-state index contributed by atoms with van der Waals surface area (Å²) in [5.41, 5.74) is 1.35. The van der Waals surface area contributed by atoms with Crippen LogP contribution in [0.4, 0.5) is 0 Å². The molecule has 1 heterocycles. The van der Waals surface area contributed by atoms with Crippen LogP contribution >= 0.6 is 0 Å². The van der Waals surface area contributed by atoms with Crippen molar-refractivity contribution in [1.29, 1.82) is 0 Å². The number of phenolic OH excluding ortho intramolecular Hbond substituents is 1. The number of hydrogen-bond donors (Lipinski definition) is 6. The number of ether oxygens (including phenoxy) is 2. The monoisotopic (exact) mass is 526 g/mol. The Labute approximate surface area is 216 Å². The molecule has 0 radical (unpaired) electrons. The molecule has 0 unspecified atom stereocenters. The van der Waals surface area contributed by atoms with E-state index in [0.717, 1.165) is 0 Å². The fourth-order valence-corrected chi connectivity index (χ4v) is 6.31. The first-order chi connectivity index (χ1) is 17.8. The lowest BCUT2D eigenvalue weighted by Gasteiger charge is -2.53. The van der Waals surface area contributed by atoms with Gasteiger partial charge in [-0.05, 0) is 37.7 Å². The van der Waals surface area contributed by atoms with Crippen molar-refractivity contribution in [1.82, 2.24) is 4.90 Å². The Balaban J connectivity index is 1.79. The first kappa shape index (κ1) is 25.5. The third-order valence-electron chi connectivity index (χ3n) is 7.88. The van der Waals surface area contributed by atoms with Crippen LogP contribution in [0.1, 0.15) is 34.3 Å². The summed E-state index contributed by atoms with van der Waals surface area (Å²) in [7, 11) is 2.94. The van der Waals surface area contributed by atoms with Crippen molar-refractivity contribution in [3.8, 4) is 5.75 Å². The average Bonchev–Trinajstić information content (AvgIpc) is 2.86. The number of hydrogen-bond acceptors (Lipinski definition) is 11. The second-order valence-corrected chi connectivity index (χ2v) is 9.98. The summed E-state index contributed by atoms with van der Waals surface area (Å²) in [6.07, 6.45) is 2.16. The van der Waals surface area contributed by atoms with Crippen LogP contribution in [0.15, 0.2) is 53.6 Å². The topological polar surface area (TPSA) is 200 Å². The van der Waals surface area contributed by atoms with E-state index < -0.39 is 81.4 Å². The molecular weight excluding hydrogens is 500 g/mol. The van der Waals surface area contributed by atoms with E-state index in [-0.39, 0.29) is 16.9 Å². The number of aliphatic hydroxyl groups excluding tert-OH is 3. The summed E-state index contributed by atoms with van der Waals surface area (Å²) in [4.78, 5) is 40.7. The number of nitrogens with two attached hydrogens (primary N) is 1. The van der Waals surface area contributed by atoms with Crippen LogP contribution in [0, 0.1) is 11.8 Å². The first-order valence-corrected chi connectivity index (χ1v) is 11.7. The lowest BCUT2D eigenvalue weighted by atomic mass is 9.55. The lowest BCUT2D eigenvalue weighted by Crippen LogP contribution is -2.68. The Morgan fingerprint density at radius 2 is 1.82 bits per heavy atom. The van der Waals surface area contributed by atoms with Crippen LogP contribution in [0.25, 0.3) is 5.76 Å². The van der Waals surface area contributed by atoms with Gasteiger partial charge in [0, 0.05) is 17.1 Å². The number of Topliss-reactive ketones (excluding diaryl/α,β-unsaturated/α-hetero) is 2. The van der Waals surface area contributed by atoms with E-state index in [9.17, 15) is 39.9 Å². The van der Waals surface area contributed by atoms with Crippen LogP contribution in [0.5, 0.6) is 5.75 Å². The van der Waals surface area contributed by atoms with Crippen molar-refractivity contribution in [2.45, 2.75) is 30.6 Å². The zero-order valence-corrected chi connectivity index (χ0v) is 20.6. The van der Waals surface area contributed by atoms with Gasteiger partial charge >= 0.3 is 0 Å². The maximum absolute atomic E-state index is 13.8. The molecule has 200 valence electrons. The number of aliphatic hydroxyl groups is 4. The van der Waals surface area contributed by atoms with E-state index in [1.165, 1.54) is 49.9 Å². The molecule has 12 heteroatoms. The number of amides is 1. The molecule has 7 N–H and O–H groups in total. The van der Waals surface area contributed by atoms with Gasteiger partial charge in [-0.3, -0.25) is 19.3 Å². The van der Waals surface area contributed by atoms with Gasteiger partial charge in [-0.15, -0.1) is 0 Å². The van der Waals surface area contributed by atoms with Gasteiger partial charge < -0.3 is 40.7 Å². The number of primary amides is 1. The fraction of sp³-hybridized carbons (Fsp3) is 0.346. The molecule has 3 aliphatic carbocycles. The van der Waals surface area contributed by atoms with Crippen molar-refractivity contribution in [3.05, 3.63) is 70.3 Å². The van der Waals surface area contributed by atoms with Crippen molar-refractivity contribution < 1.29 is 49.4 Å². The van der Waals surface area contributed by atoms with E-state index in [1.54, 1.807) is 6.92 Å². The number of phenols is 1. The molecule has 6 atom stereocenters. The molecule has 5 rings (SSSR count). The predicted octanol–water partition coefficient (Wildman–Crippen LogP) is 0.469. The Morgan fingerprint density at radius 3 is 2.39 bits per heavy atom. The minimum absolute atomic E-state index is 0.215. The molecule has 0 aromatic heterocycles. The molecular formula is C26H26N2O10. The van der Waals surface area contributed by atoms with Gasteiger partial charge in [0.05, 0.1) is 23.6 Å². The molecule has 4 aliphatic rings. The Kier molecular flexibility index (Phi) is 5.67. The molecule has 0 bridgehead atoms. The van der Waals surface area contributed by atoms with E-state index in [0.29, 0.717) is 5.56 Å². The number of fused-ring (bicyclic) bond motifs is 3. The molecule has 1 aromatic carbocycles. The van der Waals surface area contributed by atoms with Crippen molar-refractivity contribution in [2.75, 3.05) is 14.1 Å². The predicted molar refractivity (Wildman–Crippen MR) is 129 cm³/mol. The third kappa shape index (κ3) is 3.11. The quantitative estimate of drug-likeness (QED) is 0.299. The Hall–Kier alpha value is -4.13. The van der Waals surface area contributed by atoms with Gasteiger partial charge in [0.25, 0.3) is 5.91 Å². The zero-order valence-electron chi connectivity index (χ0n) is 20.6. The van der Waals surface area contributed by atoms with Crippen LogP contribution in [0.3, 0.4) is 0 Å². The van der Waals surface area contributed by atoms with Crippen LogP contribution in [-0.2, 0) is 19.1 Å². The average molecular weight is 526 g/mol. The van der Waals surface area contributed by atoms with Gasteiger partial charge in [-0.25, -0.2) is 0 Å². The maximum atomic E-state index is 13.8. The first-order valence-electron chi connectivity index (χ1n) is 11.7. The van der Waals surface area contributed by atoms with Gasteiger partial charge in [0.15, 0.2) is 17.1 Å².